The zero-order valence-electron chi connectivity index (χ0n) is 16.2. The molecule has 1 unspecified atom stereocenters. The number of benzene rings is 1. The number of aromatic nitrogens is 1. The number of hydrogen-bond donors (Lipinski definition) is 0. The van der Waals surface area contributed by atoms with Gasteiger partial charge in [0.05, 0.1) is 25.0 Å². The summed E-state index contributed by atoms with van der Waals surface area (Å²) in [7, 11) is 2.19. The molecular weight excluding hydrogens is 419 g/mol. The van der Waals surface area contributed by atoms with E-state index in [0.717, 1.165) is 43.8 Å². The van der Waals surface area contributed by atoms with E-state index < -0.39 is 10.8 Å². The van der Waals surface area contributed by atoms with E-state index in [9.17, 15) is 4.21 Å². The van der Waals surface area contributed by atoms with Gasteiger partial charge in [-0.05, 0) is 62.2 Å². The normalized spacial score (nSPS) is 15.8. The van der Waals surface area contributed by atoms with E-state index in [0.29, 0.717) is 11.5 Å². The van der Waals surface area contributed by atoms with Gasteiger partial charge in [-0.3, -0.25) is 9.19 Å². The second kappa shape index (κ2) is 12.3. The summed E-state index contributed by atoms with van der Waals surface area (Å²) >= 11 is 0. The van der Waals surface area contributed by atoms with Crippen molar-refractivity contribution < 1.29 is 13.7 Å². The van der Waals surface area contributed by atoms with Crippen molar-refractivity contribution in [2.45, 2.75) is 29.4 Å². The van der Waals surface area contributed by atoms with Gasteiger partial charge in [-0.25, -0.2) is 0 Å². The van der Waals surface area contributed by atoms with Crippen LogP contribution < -0.4 is 9.47 Å². The SMILES string of the molecule is COc1ccc(S(=O)C2CCN(CCc3ccncc3)CC2)cc1OC.Cl.Cl. The molecule has 1 fully saturated rings. The van der Waals surface area contributed by atoms with Crippen LogP contribution >= 0.6 is 24.8 Å². The number of rotatable bonds is 7. The average Bonchev–Trinajstić information content (AvgIpc) is 2.72. The van der Waals surface area contributed by atoms with Gasteiger partial charge in [0.15, 0.2) is 11.5 Å². The van der Waals surface area contributed by atoms with Gasteiger partial charge in [-0.15, -0.1) is 24.8 Å². The maximum atomic E-state index is 12.9. The monoisotopic (exact) mass is 446 g/mol. The predicted molar refractivity (Wildman–Crippen MR) is 118 cm³/mol. The Morgan fingerprint density at radius 2 is 1.68 bits per heavy atom. The lowest BCUT2D eigenvalue weighted by Gasteiger charge is -2.31. The quantitative estimate of drug-likeness (QED) is 0.647. The summed E-state index contributed by atoms with van der Waals surface area (Å²) in [5, 5.41) is 0.199. The number of likely N-dealkylation sites (tertiary alicyclic amines) is 1. The minimum atomic E-state index is -1.02. The van der Waals surface area contributed by atoms with E-state index in [1.807, 2.05) is 30.6 Å². The smallest absolute Gasteiger partial charge is 0.161 e. The Morgan fingerprint density at radius 1 is 1.04 bits per heavy atom. The number of pyridine rings is 1. The van der Waals surface area contributed by atoms with Crippen molar-refractivity contribution in [2.75, 3.05) is 33.9 Å². The Morgan fingerprint density at radius 3 is 2.29 bits per heavy atom. The summed E-state index contributed by atoms with van der Waals surface area (Å²) in [4.78, 5) is 7.34. The van der Waals surface area contributed by atoms with Gasteiger partial charge < -0.3 is 14.4 Å². The first-order valence-corrected chi connectivity index (χ1v) is 10.2. The molecule has 0 spiro atoms. The van der Waals surface area contributed by atoms with E-state index >= 15 is 0 Å². The van der Waals surface area contributed by atoms with Gasteiger partial charge in [-0.1, -0.05) is 0 Å². The van der Waals surface area contributed by atoms with Crippen molar-refractivity contribution in [3.63, 3.8) is 0 Å². The number of hydrogen-bond acceptors (Lipinski definition) is 5. The van der Waals surface area contributed by atoms with Crippen LogP contribution in [-0.2, 0) is 17.2 Å². The van der Waals surface area contributed by atoms with Crippen LogP contribution in [0.4, 0.5) is 0 Å². The van der Waals surface area contributed by atoms with Crippen molar-refractivity contribution in [3.05, 3.63) is 48.3 Å². The van der Waals surface area contributed by atoms with E-state index in [-0.39, 0.29) is 30.1 Å². The molecule has 0 saturated carbocycles. The molecule has 5 nitrogen and oxygen atoms in total. The van der Waals surface area contributed by atoms with Crippen molar-refractivity contribution in [3.8, 4) is 11.5 Å². The molecule has 1 saturated heterocycles. The molecule has 0 aliphatic carbocycles. The molecular formula is C20H28Cl2N2O3S. The highest BCUT2D eigenvalue weighted by atomic mass is 35.5. The van der Waals surface area contributed by atoms with Gasteiger partial charge in [0.2, 0.25) is 0 Å². The van der Waals surface area contributed by atoms with Crippen molar-refractivity contribution in [1.82, 2.24) is 9.88 Å². The molecule has 8 heteroatoms. The Bertz CT molecular complexity index is 741. The fraction of sp³-hybridized carbons (Fsp3) is 0.450. The number of ether oxygens (including phenoxy) is 2. The van der Waals surface area contributed by atoms with Crippen LogP contribution in [0.3, 0.4) is 0 Å². The maximum Gasteiger partial charge on any atom is 0.161 e. The Balaban J connectivity index is 0.00000196. The number of methoxy groups -OCH3 is 2. The number of halogens is 2. The fourth-order valence-corrected chi connectivity index (χ4v) is 4.77. The van der Waals surface area contributed by atoms with Crippen LogP contribution in [-0.4, -0.2) is 53.2 Å². The third-order valence-corrected chi connectivity index (χ3v) is 6.69. The Hall–Kier alpha value is -1.34. The second-order valence-electron chi connectivity index (χ2n) is 6.46. The van der Waals surface area contributed by atoms with Gasteiger partial charge in [-0.2, -0.15) is 0 Å². The van der Waals surface area contributed by atoms with Crippen LogP contribution in [0.15, 0.2) is 47.6 Å². The van der Waals surface area contributed by atoms with Gasteiger partial charge in [0.1, 0.15) is 0 Å². The van der Waals surface area contributed by atoms with E-state index in [4.69, 9.17) is 9.47 Å². The number of nitrogens with zero attached hydrogens (tertiary/aromatic N) is 2. The summed E-state index contributed by atoms with van der Waals surface area (Å²) in [6.07, 6.45) is 6.63. The van der Waals surface area contributed by atoms with Gasteiger partial charge in [0, 0.05) is 35.2 Å². The summed E-state index contributed by atoms with van der Waals surface area (Å²) in [6, 6.07) is 9.69. The molecule has 0 radical (unpaired) electrons. The molecule has 1 aromatic carbocycles. The predicted octanol–water partition coefficient (Wildman–Crippen LogP) is 3.76. The molecule has 0 amide bonds. The topological polar surface area (TPSA) is 51.7 Å². The maximum absolute atomic E-state index is 12.9. The third-order valence-electron chi connectivity index (χ3n) is 4.89. The summed E-state index contributed by atoms with van der Waals surface area (Å²) in [6.45, 7) is 3.03. The molecule has 156 valence electrons. The largest absolute Gasteiger partial charge is 0.493 e. The zero-order valence-corrected chi connectivity index (χ0v) is 18.7. The zero-order chi connectivity index (χ0) is 18.4. The molecule has 2 heterocycles. The highest BCUT2D eigenvalue weighted by molar-refractivity contribution is 7.85. The molecule has 1 atom stereocenters. The minimum absolute atomic E-state index is 0. The molecule has 1 aliphatic heterocycles. The molecule has 1 aliphatic rings. The van der Waals surface area contributed by atoms with Crippen LogP contribution in [0.5, 0.6) is 11.5 Å². The summed E-state index contributed by atoms with van der Waals surface area (Å²) in [5.41, 5.74) is 1.32. The second-order valence-corrected chi connectivity index (χ2v) is 8.19. The lowest BCUT2D eigenvalue weighted by molar-refractivity contribution is 0.234. The van der Waals surface area contributed by atoms with Crippen LogP contribution in [0.2, 0.25) is 0 Å². The first-order valence-electron chi connectivity index (χ1n) is 8.95. The lowest BCUT2D eigenvalue weighted by Crippen LogP contribution is -2.38. The van der Waals surface area contributed by atoms with E-state index in [1.165, 1.54) is 5.56 Å². The third kappa shape index (κ3) is 6.34. The first-order chi connectivity index (χ1) is 12.7. The van der Waals surface area contributed by atoms with E-state index in [2.05, 4.69) is 22.0 Å². The summed E-state index contributed by atoms with van der Waals surface area (Å²) < 4.78 is 23.5. The van der Waals surface area contributed by atoms with Crippen molar-refractivity contribution in [2.24, 2.45) is 0 Å². The summed E-state index contributed by atoms with van der Waals surface area (Å²) in [5.74, 6) is 1.30. The van der Waals surface area contributed by atoms with Crippen molar-refractivity contribution >= 4 is 35.6 Å². The molecule has 0 bridgehead atoms. The Kier molecular flexibility index (Phi) is 10.8. The molecule has 1 aromatic heterocycles. The van der Waals surface area contributed by atoms with Crippen molar-refractivity contribution in [1.29, 1.82) is 0 Å². The highest BCUT2D eigenvalue weighted by Gasteiger charge is 2.25. The average molecular weight is 447 g/mol. The molecule has 2 aromatic rings. The first kappa shape index (κ1) is 24.7. The number of piperidine rings is 1. The Labute approximate surface area is 182 Å². The lowest BCUT2D eigenvalue weighted by atomic mass is 10.1. The van der Waals surface area contributed by atoms with Gasteiger partial charge in [0.25, 0.3) is 0 Å². The molecule has 0 N–H and O–H groups in total. The van der Waals surface area contributed by atoms with Crippen LogP contribution in [0.1, 0.15) is 18.4 Å². The molecule has 28 heavy (non-hydrogen) atoms. The van der Waals surface area contributed by atoms with Crippen LogP contribution in [0, 0.1) is 0 Å². The standard InChI is InChI=1S/C20H26N2O3S.2ClH/c1-24-19-4-3-18(15-20(19)25-2)26(23)17-8-13-22(14-9-17)12-7-16-5-10-21-11-6-16;;/h3-6,10-11,15,17H,7-9,12-14H2,1-2H3;2*1H. The fourth-order valence-electron chi connectivity index (χ4n) is 3.32. The molecule has 3 rings (SSSR count). The van der Waals surface area contributed by atoms with E-state index in [1.54, 1.807) is 14.2 Å². The van der Waals surface area contributed by atoms with Crippen LogP contribution in [0.25, 0.3) is 0 Å². The minimum Gasteiger partial charge on any atom is -0.493 e. The highest BCUT2D eigenvalue weighted by Crippen LogP contribution is 2.31. The van der Waals surface area contributed by atoms with Gasteiger partial charge >= 0.3 is 0 Å².